The van der Waals surface area contributed by atoms with Gasteiger partial charge in [0.15, 0.2) is 11.6 Å². The fourth-order valence-electron chi connectivity index (χ4n) is 1.84. The van der Waals surface area contributed by atoms with Gasteiger partial charge in [-0.1, -0.05) is 19.9 Å². The lowest BCUT2D eigenvalue weighted by Gasteiger charge is -2.19. The Kier molecular flexibility index (Phi) is 5.42. The molecule has 0 amide bonds. The van der Waals surface area contributed by atoms with Gasteiger partial charge in [0.05, 0.1) is 6.61 Å². The van der Waals surface area contributed by atoms with Gasteiger partial charge in [-0.3, -0.25) is 0 Å². The van der Waals surface area contributed by atoms with E-state index in [1.54, 1.807) is 12.1 Å². The number of benzene rings is 1. The Labute approximate surface area is 103 Å². The molecule has 0 aliphatic carbocycles. The van der Waals surface area contributed by atoms with E-state index in [1.807, 2.05) is 13.0 Å². The third-order valence-corrected chi connectivity index (χ3v) is 3.04. The van der Waals surface area contributed by atoms with Crippen molar-refractivity contribution in [1.29, 1.82) is 0 Å². The van der Waals surface area contributed by atoms with Crippen molar-refractivity contribution >= 4 is 0 Å². The lowest BCUT2D eigenvalue weighted by Crippen LogP contribution is -2.22. The van der Waals surface area contributed by atoms with E-state index in [4.69, 9.17) is 10.5 Å². The van der Waals surface area contributed by atoms with Crippen LogP contribution >= 0.6 is 0 Å². The molecule has 1 aromatic rings. The standard InChI is InChI=1S/C14H22FNO/c1-4-17-14-6-5-11(8-13(14)15)7-12(9-16)10(2)3/h5-6,8,10,12H,4,7,9,16H2,1-3H3. The third kappa shape index (κ3) is 4.00. The minimum absolute atomic E-state index is 0.288. The molecule has 0 radical (unpaired) electrons. The Morgan fingerprint density at radius 3 is 2.53 bits per heavy atom. The SMILES string of the molecule is CCOc1ccc(CC(CN)C(C)C)cc1F. The molecule has 1 unspecified atom stereocenters. The highest BCUT2D eigenvalue weighted by molar-refractivity contribution is 5.29. The van der Waals surface area contributed by atoms with Crippen LogP contribution in [0.3, 0.4) is 0 Å². The molecular weight excluding hydrogens is 217 g/mol. The minimum atomic E-state index is -0.288. The summed E-state index contributed by atoms with van der Waals surface area (Å²) in [6, 6.07) is 5.16. The number of hydrogen-bond acceptors (Lipinski definition) is 2. The number of halogens is 1. The minimum Gasteiger partial charge on any atom is -0.491 e. The van der Waals surface area contributed by atoms with Gasteiger partial charge in [-0.25, -0.2) is 4.39 Å². The van der Waals surface area contributed by atoms with Crippen molar-refractivity contribution in [1.82, 2.24) is 0 Å². The molecule has 0 saturated heterocycles. The van der Waals surface area contributed by atoms with E-state index in [-0.39, 0.29) is 5.82 Å². The second-order valence-corrected chi connectivity index (χ2v) is 4.64. The number of hydrogen-bond donors (Lipinski definition) is 1. The van der Waals surface area contributed by atoms with Crippen molar-refractivity contribution in [3.05, 3.63) is 29.6 Å². The molecule has 96 valence electrons. The van der Waals surface area contributed by atoms with Crippen LogP contribution < -0.4 is 10.5 Å². The van der Waals surface area contributed by atoms with Crippen molar-refractivity contribution in [3.63, 3.8) is 0 Å². The molecule has 0 aromatic heterocycles. The molecule has 0 bridgehead atoms. The monoisotopic (exact) mass is 239 g/mol. The van der Waals surface area contributed by atoms with Gasteiger partial charge in [0, 0.05) is 0 Å². The summed E-state index contributed by atoms with van der Waals surface area (Å²) in [7, 11) is 0. The van der Waals surface area contributed by atoms with E-state index in [0.29, 0.717) is 30.7 Å². The third-order valence-electron chi connectivity index (χ3n) is 3.04. The predicted octanol–water partition coefficient (Wildman–Crippen LogP) is 3.00. The van der Waals surface area contributed by atoms with Crippen molar-refractivity contribution in [2.24, 2.45) is 17.6 Å². The molecule has 0 aliphatic rings. The van der Waals surface area contributed by atoms with Crippen molar-refractivity contribution in [3.8, 4) is 5.75 Å². The summed E-state index contributed by atoms with van der Waals surface area (Å²) in [6.45, 7) is 7.24. The summed E-state index contributed by atoms with van der Waals surface area (Å²) in [4.78, 5) is 0. The molecule has 2 N–H and O–H groups in total. The molecule has 2 nitrogen and oxygen atoms in total. The van der Waals surface area contributed by atoms with E-state index >= 15 is 0 Å². The van der Waals surface area contributed by atoms with Crippen molar-refractivity contribution in [2.45, 2.75) is 27.2 Å². The van der Waals surface area contributed by atoms with Gasteiger partial charge in [0.2, 0.25) is 0 Å². The maximum atomic E-state index is 13.6. The summed E-state index contributed by atoms with van der Waals surface area (Å²) >= 11 is 0. The van der Waals surface area contributed by atoms with E-state index in [9.17, 15) is 4.39 Å². The van der Waals surface area contributed by atoms with Crippen LogP contribution in [-0.2, 0) is 6.42 Å². The van der Waals surface area contributed by atoms with Gasteiger partial charge in [0.25, 0.3) is 0 Å². The first-order valence-electron chi connectivity index (χ1n) is 6.19. The van der Waals surface area contributed by atoms with Crippen molar-refractivity contribution < 1.29 is 9.13 Å². The number of ether oxygens (including phenoxy) is 1. The van der Waals surface area contributed by atoms with Gasteiger partial charge in [-0.15, -0.1) is 0 Å². The highest BCUT2D eigenvalue weighted by atomic mass is 19.1. The van der Waals surface area contributed by atoms with Gasteiger partial charge < -0.3 is 10.5 Å². The molecule has 0 saturated carbocycles. The molecule has 3 heteroatoms. The Morgan fingerprint density at radius 1 is 1.35 bits per heavy atom. The topological polar surface area (TPSA) is 35.2 Å². The Bertz CT molecular complexity index is 352. The average Bonchev–Trinajstić information content (AvgIpc) is 2.29. The molecule has 1 rings (SSSR count). The van der Waals surface area contributed by atoms with Gasteiger partial charge in [-0.2, -0.15) is 0 Å². The fraction of sp³-hybridized carbons (Fsp3) is 0.571. The average molecular weight is 239 g/mol. The van der Waals surface area contributed by atoms with Crippen LogP contribution in [0.15, 0.2) is 18.2 Å². The van der Waals surface area contributed by atoms with Crippen LogP contribution in [0, 0.1) is 17.7 Å². The van der Waals surface area contributed by atoms with Crippen LogP contribution in [0.4, 0.5) is 4.39 Å². The van der Waals surface area contributed by atoms with E-state index in [2.05, 4.69) is 13.8 Å². The summed E-state index contributed by atoms with van der Waals surface area (Å²) in [5.41, 5.74) is 6.70. The zero-order chi connectivity index (χ0) is 12.8. The molecule has 0 aliphatic heterocycles. The lowest BCUT2D eigenvalue weighted by molar-refractivity contribution is 0.321. The van der Waals surface area contributed by atoms with E-state index in [1.165, 1.54) is 0 Å². The van der Waals surface area contributed by atoms with Crippen LogP contribution in [0.25, 0.3) is 0 Å². The van der Waals surface area contributed by atoms with Crippen LogP contribution in [0.2, 0.25) is 0 Å². The van der Waals surface area contributed by atoms with Gasteiger partial charge in [0.1, 0.15) is 0 Å². The maximum absolute atomic E-state index is 13.6. The summed E-state index contributed by atoms with van der Waals surface area (Å²) < 4.78 is 18.8. The summed E-state index contributed by atoms with van der Waals surface area (Å²) in [5.74, 6) is 0.941. The van der Waals surface area contributed by atoms with E-state index in [0.717, 1.165) is 12.0 Å². The normalized spacial score (nSPS) is 12.8. The Hall–Kier alpha value is -1.09. The quantitative estimate of drug-likeness (QED) is 0.828. The molecule has 1 atom stereocenters. The first-order valence-corrected chi connectivity index (χ1v) is 6.19. The van der Waals surface area contributed by atoms with Crippen LogP contribution in [0.5, 0.6) is 5.75 Å². The highest BCUT2D eigenvalue weighted by Crippen LogP contribution is 2.22. The number of nitrogens with two attached hydrogens (primary N) is 1. The highest BCUT2D eigenvalue weighted by Gasteiger charge is 2.13. The maximum Gasteiger partial charge on any atom is 0.165 e. The zero-order valence-electron chi connectivity index (χ0n) is 10.9. The Balaban J connectivity index is 2.76. The first-order chi connectivity index (χ1) is 8.08. The van der Waals surface area contributed by atoms with Gasteiger partial charge in [-0.05, 0) is 49.4 Å². The second kappa shape index (κ2) is 6.60. The zero-order valence-corrected chi connectivity index (χ0v) is 10.9. The van der Waals surface area contributed by atoms with Crippen LogP contribution in [-0.4, -0.2) is 13.2 Å². The lowest BCUT2D eigenvalue weighted by atomic mass is 9.89. The number of rotatable bonds is 6. The second-order valence-electron chi connectivity index (χ2n) is 4.64. The van der Waals surface area contributed by atoms with E-state index < -0.39 is 0 Å². The largest absolute Gasteiger partial charge is 0.491 e. The summed E-state index contributed by atoms with van der Waals surface area (Å²) in [5, 5.41) is 0. The first kappa shape index (κ1) is 14.0. The molecule has 0 heterocycles. The Morgan fingerprint density at radius 2 is 2.06 bits per heavy atom. The molecule has 0 fully saturated rings. The molecule has 0 spiro atoms. The van der Waals surface area contributed by atoms with Crippen molar-refractivity contribution in [2.75, 3.05) is 13.2 Å². The van der Waals surface area contributed by atoms with Gasteiger partial charge >= 0.3 is 0 Å². The molecule has 17 heavy (non-hydrogen) atoms. The fourth-order valence-corrected chi connectivity index (χ4v) is 1.84. The van der Waals surface area contributed by atoms with Crippen LogP contribution in [0.1, 0.15) is 26.3 Å². The molecular formula is C14H22FNO. The summed E-state index contributed by atoms with van der Waals surface area (Å²) in [6.07, 6.45) is 0.817. The smallest absolute Gasteiger partial charge is 0.165 e. The predicted molar refractivity (Wildman–Crippen MR) is 68.7 cm³/mol. The molecule has 1 aromatic carbocycles.